The van der Waals surface area contributed by atoms with Crippen LogP contribution < -0.4 is 10.6 Å². The molecule has 120 valence electrons. The quantitative estimate of drug-likeness (QED) is 0.671. The van der Waals surface area contributed by atoms with Gasteiger partial charge in [-0.3, -0.25) is 4.99 Å². The number of nitrogens with one attached hydrogen (secondary N) is 2. The second kappa shape index (κ2) is 6.77. The third-order valence-corrected chi connectivity index (χ3v) is 4.01. The van der Waals surface area contributed by atoms with Crippen LogP contribution in [0.3, 0.4) is 0 Å². The average molecular weight is 315 g/mol. The lowest BCUT2D eigenvalue weighted by Crippen LogP contribution is -2.38. The van der Waals surface area contributed by atoms with Crippen LogP contribution in [0.15, 0.2) is 53.5 Å². The highest BCUT2D eigenvalue weighted by Crippen LogP contribution is 2.42. The Balaban J connectivity index is 1.57. The van der Waals surface area contributed by atoms with Gasteiger partial charge < -0.3 is 10.6 Å². The van der Waals surface area contributed by atoms with Crippen LogP contribution in [0.5, 0.6) is 0 Å². The van der Waals surface area contributed by atoms with Crippen molar-refractivity contribution in [3.63, 3.8) is 0 Å². The molecule has 23 heavy (non-hydrogen) atoms. The summed E-state index contributed by atoms with van der Waals surface area (Å²) in [5.41, 5.74) is 1.31. The SMILES string of the molecule is CN=C(NCc1ccccc1)NC1CC1c1c(F)cccc1F. The summed E-state index contributed by atoms with van der Waals surface area (Å²) in [4.78, 5) is 4.16. The second-order valence-electron chi connectivity index (χ2n) is 5.64. The first-order valence-electron chi connectivity index (χ1n) is 7.64. The van der Waals surface area contributed by atoms with Gasteiger partial charge in [-0.05, 0) is 24.1 Å². The van der Waals surface area contributed by atoms with Crippen LogP contribution in [0.1, 0.15) is 23.5 Å². The molecule has 1 fully saturated rings. The van der Waals surface area contributed by atoms with Gasteiger partial charge in [0.15, 0.2) is 5.96 Å². The molecule has 1 aliphatic carbocycles. The number of benzene rings is 2. The summed E-state index contributed by atoms with van der Waals surface area (Å²) in [7, 11) is 1.68. The van der Waals surface area contributed by atoms with E-state index in [0.717, 1.165) is 5.56 Å². The standard InChI is InChI=1S/C18H19F2N3/c1-21-18(22-11-12-6-3-2-4-7-12)23-16-10-13(16)17-14(19)8-5-9-15(17)20/h2-9,13,16H,10-11H2,1H3,(H2,21,22,23). The van der Waals surface area contributed by atoms with Crippen LogP contribution in [0.4, 0.5) is 8.78 Å². The van der Waals surface area contributed by atoms with Crippen molar-refractivity contribution in [2.75, 3.05) is 7.05 Å². The number of hydrogen-bond donors (Lipinski definition) is 2. The maximum atomic E-state index is 13.8. The Morgan fingerprint density at radius 2 is 1.78 bits per heavy atom. The van der Waals surface area contributed by atoms with Gasteiger partial charge in [-0.15, -0.1) is 0 Å². The summed E-state index contributed by atoms with van der Waals surface area (Å²) < 4.78 is 27.6. The van der Waals surface area contributed by atoms with Crippen molar-refractivity contribution >= 4 is 5.96 Å². The first kappa shape index (κ1) is 15.5. The van der Waals surface area contributed by atoms with E-state index in [1.54, 1.807) is 7.05 Å². The highest BCUT2D eigenvalue weighted by atomic mass is 19.1. The van der Waals surface area contributed by atoms with Crippen LogP contribution in [-0.4, -0.2) is 19.0 Å². The Bertz CT molecular complexity index is 680. The van der Waals surface area contributed by atoms with E-state index in [-0.39, 0.29) is 17.5 Å². The van der Waals surface area contributed by atoms with Gasteiger partial charge in [0, 0.05) is 31.1 Å². The molecule has 2 atom stereocenters. The Morgan fingerprint density at radius 3 is 2.43 bits per heavy atom. The van der Waals surface area contributed by atoms with Crippen molar-refractivity contribution in [1.29, 1.82) is 0 Å². The van der Waals surface area contributed by atoms with E-state index in [9.17, 15) is 8.78 Å². The molecular weight excluding hydrogens is 296 g/mol. The van der Waals surface area contributed by atoms with Gasteiger partial charge >= 0.3 is 0 Å². The van der Waals surface area contributed by atoms with E-state index in [1.165, 1.54) is 18.2 Å². The molecule has 2 unspecified atom stereocenters. The highest BCUT2D eigenvalue weighted by Gasteiger charge is 2.42. The molecule has 0 saturated heterocycles. The lowest BCUT2D eigenvalue weighted by molar-refractivity contribution is 0.553. The zero-order valence-electron chi connectivity index (χ0n) is 12.9. The van der Waals surface area contributed by atoms with Crippen molar-refractivity contribution in [2.45, 2.75) is 24.9 Å². The molecule has 0 spiro atoms. The maximum Gasteiger partial charge on any atom is 0.191 e. The molecule has 1 saturated carbocycles. The van der Waals surface area contributed by atoms with Crippen molar-refractivity contribution in [2.24, 2.45) is 4.99 Å². The van der Waals surface area contributed by atoms with E-state index in [4.69, 9.17) is 0 Å². The molecule has 0 amide bonds. The molecule has 0 heterocycles. The summed E-state index contributed by atoms with van der Waals surface area (Å²) in [6.07, 6.45) is 0.698. The predicted molar refractivity (Wildman–Crippen MR) is 87.3 cm³/mol. The van der Waals surface area contributed by atoms with Gasteiger partial charge in [0.25, 0.3) is 0 Å². The molecule has 2 aromatic carbocycles. The zero-order chi connectivity index (χ0) is 16.2. The summed E-state index contributed by atoms with van der Waals surface area (Å²) >= 11 is 0. The van der Waals surface area contributed by atoms with Crippen LogP contribution in [-0.2, 0) is 6.54 Å². The minimum Gasteiger partial charge on any atom is -0.353 e. The number of rotatable bonds is 4. The summed E-state index contributed by atoms with van der Waals surface area (Å²) in [5, 5.41) is 6.43. The molecule has 5 heteroatoms. The lowest BCUT2D eigenvalue weighted by atomic mass is 10.1. The normalized spacial score (nSPS) is 20.2. The zero-order valence-corrected chi connectivity index (χ0v) is 12.9. The van der Waals surface area contributed by atoms with E-state index in [0.29, 0.717) is 18.9 Å². The van der Waals surface area contributed by atoms with Crippen LogP contribution in [0.25, 0.3) is 0 Å². The Kier molecular flexibility index (Phi) is 4.55. The fourth-order valence-electron chi connectivity index (χ4n) is 2.69. The van der Waals surface area contributed by atoms with Gasteiger partial charge in [-0.1, -0.05) is 36.4 Å². The predicted octanol–water partition coefficient (Wildman–Crippen LogP) is 3.19. The van der Waals surface area contributed by atoms with Crippen molar-refractivity contribution in [3.05, 3.63) is 71.3 Å². The van der Waals surface area contributed by atoms with Crippen LogP contribution >= 0.6 is 0 Å². The van der Waals surface area contributed by atoms with Gasteiger partial charge in [0.05, 0.1) is 0 Å². The number of guanidine groups is 1. The Labute approximate surface area is 134 Å². The molecule has 3 rings (SSSR count). The van der Waals surface area contributed by atoms with Gasteiger partial charge in [0.2, 0.25) is 0 Å². The number of hydrogen-bond acceptors (Lipinski definition) is 1. The van der Waals surface area contributed by atoms with Crippen molar-refractivity contribution in [1.82, 2.24) is 10.6 Å². The largest absolute Gasteiger partial charge is 0.353 e. The van der Waals surface area contributed by atoms with Crippen molar-refractivity contribution < 1.29 is 8.78 Å². The number of aliphatic imine (C=N–C) groups is 1. The topological polar surface area (TPSA) is 36.4 Å². The number of nitrogens with zero attached hydrogens (tertiary/aromatic N) is 1. The summed E-state index contributed by atoms with van der Waals surface area (Å²) in [6, 6.07) is 14.0. The molecule has 3 nitrogen and oxygen atoms in total. The fraction of sp³-hybridized carbons (Fsp3) is 0.278. The molecule has 0 radical (unpaired) electrons. The van der Waals surface area contributed by atoms with Gasteiger partial charge in [-0.2, -0.15) is 0 Å². The molecule has 0 bridgehead atoms. The monoisotopic (exact) mass is 315 g/mol. The van der Waals surface area contributed by atoms with Gasteiger partial charge in [-0.25, -0.2) is 8.78 Å². The second-order valence-corrected chi connectivity index (χ2v) is 5.64. The smallest absolute Gasteiger partial charge is 0.191 e. The molecule has 0 aromatic heterocycles. The van der Waals surface area contributed by atoms with E-state index >= 15 is 0 Å². The van der Waals surface area contributed by atoms with Crippen LogP contribution in [0.2, 0.25) is 0 Å². The summed E-state index contributed by atoms with van der Waals surface area (Å²) in [5.74, 6) is -0.470. The molecule has 0 aliphatic heterocycles. The Hall–Kier alpha value is -2.43. The molecule has 1 aliphatic rings. The highest BCUT2D eigenvalue weighted by molar-refractivity contribution is 5.80. The first-order chi connectivity index (χ1) is 11.2. The Morgan fingerprint density at radius 1 is 1.09 bits per heavy atom. The minimum absolute atomic E-state index is 0.00312. The third-order valence-electron chi connectivity index (χ3n) is 4.01. The number of halogens is 2. The summed E-state index contributed by atoms with van der Waals surface area (Å²) in [6.45, 7) is 0.645. The van der Waals surface area contributed by atoms with Crippen LogP contribution in [0, 0.1) is 11.6 Å². The minimum atomic E-state index is -0.480. The van der Waals surface area contributed by atoms with E-state index < -0.39 is 11.6 Å². The van der Waals surface area contributed by atoms with E-state index in [2.05, 4.69) is 15.6 Å². The molecule has 2 N–H and O–H groups in total. The lowest BCUT2D eigenvalue weighted by Gasteiger charge is -2.12. The average Bonchev–Trinajstić information content (AvgIpc) is 3.31. The first-order valence-corrected chi connectivity index (χ1v) is 7.64. The molecular formula is C18H19F2N3. The van der Waals surface area contributed by atoms with Gasteiger partial charge in [0.1, 0.15) is 11.6 Å². The van der Waals surface area contributed by atoms with Crippen molar-refractivity contribution in [3.8, 4) is 0 Å². The third kappa shape index (κ3) is 3.67. The molecule has 2 aromatic rings. The fourth-order valence-corrected chi connectivity index (χ4v) is 2.69. The van der Waals surface area contributed by atoms with E-state index in [1.807, 2.05) is 30.3 Å². The maximum absolute atomic E-state index is 13.8.